The van der Waals surface area contributed by atoms with Crippen molar-refractivity contribution in [1.29, 1.82) is 0 Å². The zero-order valence-corrected chi connectivity index (χ0v) is 50.0. The van der Waals surface area contributed by atoms with E-state index >= 15 is 0 Å². The van der Waals surface area contributed by atoms with E-state index in [9.17, 15) is 0 Å². The van der Waals surface area contributed by atoms with Crippen LogP contribution in [0.3, 0.4) is 0 Å². The molecule has 0 amide bonds. The maximum absolute atomic E-state index is 4.00. The molecule has 0 N–H and O–H groups in total. The SMILES string of the molecule is CCCCCCc1cc(CCCCCC)cc([Si](C2=C(c3ccccc3)[C-]=CC2)(c2cc(CCCCCC)cc(CCCCCC)c2)c2cc(CCCCCC)cc(CCCCCC)c2)c1.[Cl-].[Cl-].[Cl-].[Ti+4]. The molecule has 1 aliphatic rings. The normalized spacial score (nSPS) is 12.1. The Hall–Kier alpha value is -1.84. The molecule has 0 spiro atoms. The van der Waals surface area contributed by atoms with Crippen molar-refractivity contribution in [3.63, 3.8) is 0 Å². The van der Waals surface area contributed by atoms with Gasteiger partial charge in [-0.15, -0.1) is 17.7 Å². The Balaban J connectivity index is 0.00000612. The molecule has 0 saturated heterocycles. The molecule has 0 bridgehead atoms. The molecule has 5 rings (SSSR count). The first-order valence-corrected chi connectivity index (χ1v) is 30.3. The van der Waals surface area contributed by atoms with Crippen LogP contribution in [0.1, 0.15) is 241 Å². The largest absolute Gasteiger partial charge is 4.00 e. The van der Waals surface area contributed by atoms with E-state index in [4.69, 9.17) is 0 Å². The fourth-order valence-electron chi connectivity index (χ4n) is 11.0. The van der Waals surface area contributed by atoms with E-state index < -0.39 is 8.07 Å². The van der Waals surface area contributed by atoms with Crippen molar-refractivity contribution in [3.8, 4) is 0 Å². The van der Waals surface area contributed by atoms with Gasteiger partial charge >= 0.3 is 21.7 Å². The van der Waals surface area contributed by atoms with Gasteiger partial charge in [-0.25, -0.2) is 0 Å². The minimum atomic E-state index is -2.97. The summed E-state index contributed by atoms with van der Waals surface area (Å²) in [6.45, 7) is 14.1. The molecule has 1 aliphatic carbocycles. The summed E-state index contributed by atoms with van der Waals surface area (Å²) in [6, 6.07) is 36.1. The number of hydrogen-bond acceptors (Lipinski definition) is 0. The van der Waals surface area contributed by atoms with E-state index in [1.54, 1.807) is 54.1 Å². The summed E-state index contributed by atoms with van der Waals surface area (Å²) >= 11 is 0. The molecular weight excluding hydrogens is 963 g/mol. The first-order valence-electron chi connectivity index (χ1n) is 28.3. The zero-order valence-electron chi connectivity index (χ0n) is 45.2. The van der Waals surface area contributed by atoms with Crippen LogP contribution in [-0.2, 0) is 60.2 Å². The van der Waals surface area contributed by atoms with Crippen LogP contribution in [0.15, 0.2) is 96.2 Å². The van der Waals surface area contributed by atoms with Crippen molar-refractivity contribution in [2.45, 2.75) is 241 Å². The predicted octanol–water partition coefficient (Wildman–Crippen LogP) is 8.66. The van der Waals surface area contributed by atoms with Crippen molar-refractivity contribution >= 4 is 29.2 Å². The molecule has 0 nitrogen and oxygen atoms in total. The monoisotopic (exact) mass is 1060 g/mol. The molecule has 0 unspecified atom stereocenters. The molecule has 0 radical (unpaired) electrons. The maximum atomic E-state index is 4.00. The van der Waals surface area contributed by atoms with Crippen molar-refractivity contribution in [1.82, 2.24) is 0 Å². The van der Waals surface area contributed by atoms with Crippen LogP contribution in [0.4, 0.5) is 0 Å². The Morgan fingerprint density at radius 1 is 0.357 bits per heavy atom. The van der Waals surface area contributed by atoms with Crippen molar-refractivity contribution in [2.75, 3.05) is 0 Å². The Morgan fingerprint density at radius 3 is 0.886 bits per heavy atom. The van der Waals surface area contributed by atoms with Gasteiger partial charge in [-0.05, 0) is 110 Å². The topological polar surface area (TPSA) is 0 Å². The third-order valence-electron chi connectivity index (χ3n) is 14.7. The second kappa shape index (κ2) is 38.7. The fourth-order valence-corrected chi connectivity index (χ4v) is 16.5. The van der Waals surface area contributed by atoms with E-state index in [0.717, 1.165) is 6.42 Å². The van der Waals surface area contributed by atoms with Gasteiger partial charge in [0.05, 0.1) is 0 Å². The molecule has 384 valence electrons. The van der Waals surface area contributed by atoms with Gasteiger partial charge in [-0.2, -0.15) is 22.9 Å². The summed E-state index contributed by atoms with van der Waals surface area (Å²) in [5.74, 6) is 0. The number of halogens is 3. The average molecular weight is 1060 g/mol. The van der Waals surface area contributed by atoms with Crippen molar-refractivity contribution in [2.24, 2.45) is 0 Å². The van der Waals surface area contributed by atoms with Gasteiger partial charge in [0, 0.05) is 0 Å². The number of aryl methyl sites for hydroxylation is 6. The molecule has 0 saturated carbocycles. The molecule has 0 atom stereocenters. The van der Waals surface area contributed by atoms with E-state index in [1.807, 2.05) is 0 Å². The molecule has 0 aromatic heterocycles. The summed E-state index contributed by atoms with van der Waals surface area (Å²) in [6.07, 6.45) is 45.7. The summed E-state index contributed by atoms with van der Waals surface area (Å²) < 4.78 is 0. The molecule has 4 aromatic carbocycles. The molecule has 0 aliphatic heterocycles. The molecule has 4 aromatic rings. The number of unbranched alkanes of at least 4 members (excludes halogenated alkanes) is 18. The Bertz CT molecular complexity index is 1770. The van der Waals surface area contributed by atoms with Gasteiger partial charge in [0.15, 0.2) is 0 Å². The summed E-state index contributed by atoms with van der Waals surface area (Å²) in [7, 11) is -2.97. The van der Waals surface area contributed by atoms with Gasteiger partial charge in [0.1, 0.15) is 8.07 Å². The molecule has 5 heteroatoms. The zero-order chi connectivity index (χ0) is 46.7. The number of hydrogen-bond donors (Lipinski definition) is 0. The van der Waals surface area contributed by atoms with E-state index in [2.05, 4.69) is 139 Å². The van der Waals surface area contributed by atoms with Crippen LogP contribution < -0.4 is 52.8 Å². The minimum Gasteiger partial charge on any atom is -1.00 e. The predicted molar refractivity (Wildman–Crippen MR) is 297 cm³/mol. The minimum absolute atomic E-state index is 0. The van der Waals surface area contributed by atoms with Crippen LogP contribution in [0.25, 0.3) is 5.57 Å². The molecule has 0 heterocycles. The van der Waals surface area contributed by atoms with Crippen LogP contribution >= 0.6 is 0 Å². The first-order chi connectivity index (χ1) is 32.5. The van der Waals surface area contributed by atoms with Crippen LogP contribution in [0, 0.1) is 6.08 Å². The Kier molecular flexibility index (Phi) is 36.6. The van der Waals surface area contributed by atoms with Gasteiger partial charge in [0.2, 0.25) is 0 Å². The quantitative estimate of drug-likeness (QED) is 0.0188. The summed E-state index contributed by atoms with van der Waals surface area (Å²) in [5, 5.41) is 6.58. The molecule has 0 fully saturated rings. The van der Waals surface area contributed by atoms with E-state index in [0.29, 0.717) is 0 Å². The van der Waals surface area contributed by atoms with Gasteiger partial charge in [0.25, 0.3) is 0 Å². The molecular formula is C65H95Cl3SiTi. The van der Waals surface area contributed by atoms with Crippen LogP contribution in [0.2, 0.25) is 0 Å². The molecule has 70 heavy (non-hydrogen) atoms. The van der Waals surface area contributed by atoms with Crippen molar-refractivity contribution in [3.05, 3.63) is 141 Å². The van der Waals surface area contributed by atoms with Crippen LogP contribution in [-0.4, -0.2) is 8.07 Å². The van der Waals surface area contributed by atoms with Gasteiger partial charge < -0.3 is 37.2 Å². The summed E-state index contributed by atoms with van der Waals surface area (Å²) in [5.41, 5.74) is 12.2. The number of benzene rings is 4. The Morgan fingerprint density at radius 2 is 0.629 bits per heavy atom. The van der Waals surface area contributed by atoms with Crippen molar-refractivity contribution < 1.29 is 58.9 Å². The second-order valence-corrected chi connectivity index (χ2v) is 24.3. The maximum Gasteiger partial charge on any atom is 4.00 e. The van der Waals surface area contributed by atoms with E-state index in [-0.39, 0.29) is 58.9 Å². The fraction of sp³-hybridized carbons (Fsp3) is 0.569. The number of rotatable bonds is 35. The third-order valence-corrected chi connectivity index (χ3v) is 19.6. The van der Waals surface area contributed by atoms with Gasteiger partial charge in [-0.3, -0.25) is 0 Å². The van der Waals surface area contributed by atoms with Gasteiger partial charge in [-0.1, -0.05) is 252 Å². The Labute approximate surface area is 466 Å². The summed E-state index contributed by atoms with van der Waals surface area (Å²) in [4.78, 5) is 0. The first kappa shape index (κ1) is 66.2. The average Bonchev–Trinajstić information content (AvgIpc) is 3.83. The second-order valence-electron chi connectivity index (χ2n) is 20.5. The number of allylic oxidation sites excluding steroid dienone is 4. The standard InChI is InChI=1S/C65H95Si.3ClH.Ti/c1-7-13-19-26-35-54-45-55(36-27-20-14-8-2)49-61(48-54)66(65-44-34-43-64(65)60-41-32-25-33-42-60,62-50-56(37-28-21-15-9-3)46-57(51-62)38-29-22-16-10-4)63-52-58(39-30-23-17-11-5)47-59(53-63)40-31-24-18-12-6;;;;/h25,32-34,41-42,45-53H,7-24,26-31,35-40,44H2,1-6H3;3*1H;/q-1;;;;+4/p-3. The third kappa shape index (κ3) is 20.8. The van der Waals surface area contributed by atoms with E-state index in [1.165, 1.54) is 204 Å². The van der Waals surface area contributed by atoms with Crippen LogP contribution in [0.5, 0.6) is 0 Å². The smallest absolute Gasteiger partial charge is 1.00 e.